The van der Waals surface area contributed by atoms with Gasteiger partial charge >= 0.3 is 0 Å². The van der Waals surface area contributed by atoms with Crippen molar-refractivity contribution in [2.45, 2.75) is 11.3 Å². The fourth-order valence-corrected chi connectivity index (χ4v) is 2.12. The van der Waals surface area contributed by atoms with E-state index >= 15 is 0 Å². The van der Waals surface area contributed by atoms with Crippen LogP contribution in [0.25, 0.3) is 6.08 Å². The Hall–Kier alpha value is -1.94. The third kappa shape index (κ3) is 4.63. The average Bonchev–Trinajstić information content (AvgIpc) is 2.99. The number of nitrogens with one attached hydrogen (secondary N) is 1. The summed E-state index contributed by atoms with van der Waals surface area (Å²) in [5, 5.41) is 2.84. The fraction of sp³-hybridized carbons (Fsp3) is 0.188. The van der Waals surface area contributed by atoms with E-state index < -0.39 is 0 Å². The number of hydrogen-bond donors (Lipinski definition) is 1. The summed E-state index contributed by atoms with van der Waals surface area (Å²) in [7, 11) is 0. The normalized spacial score (nSPS) is 10.8. The number of thioether (sulfide) groups is 1. The lowest BCUT2D eigenvalue weighted by molar-refractivity contribution is -0.116. The lowest BCUT2D eigenvalue weighted by atomic mass is 10.2. The van der Waals surface area contributed by atoms with E-state index in [9.17, 15) is 4.79 Å². The Balaban J connectivity index is 1.76. The van der Waals surface area contributed by atoms with E-state index in [1.165, 1.54) is 4.90 Å². The minimum atomic E-state index is -0.0811. The molecule has 0 aliphatic rings. The van der Waals surface area contributed by atoms with Gasteiger partial charge in [-0.1, -0.05) is 12.1 Å². The van der Waals surface area contributed by atoms with Crippen molar-refractivity contribution in [3.05, 3.63) is 60.1 Å². The molecule has 0 radical (unpaired) electrons. The van der Waals surface area contributed by atoms with E-state index in [2.05, 4.69) is 5.32 Å². The Morgan fingerprint density at radius 2 is 2.10 bits per heavy atom. The lowest BCUT2D eigenvalue weighted by Crippen LogP contribution is -2.23. The van der Waals surface area contributed by atoms with Crippen LogP contribution in [0.15, 0.2) is 58.2 Å². The van der Waals surface area contributed by atoms with E-state index in [0.717, 1.165) is 17.5 Å². The highest BCUT2D eigenvalue weighted by Gasteiger charge is 1.97. The molecule has 0 saturated heterocycles. The largest absolute Gasteiger partial charge is 0.472 e. The summed E-state index contributed by atoms with van der Waals surface area (Å²) in [5.74, 6) is -0.0811. The SMILES string of the molecule is CSc1ccc(/C=C/C(=O)NCCc2ccoc2)cc1. The van der Waals surface area contributed by atoms with E-state index in [0.29, 0.717) is 6.54 Å². The molecule has 0 aliphatic carbocycles. The number of benzene rings is 1. The van der Waals surface area contributed by atoms with Crippen LogP contribution in [0.1, 0.15) is 11.1 Å². The molecule has 0 unspecified atom stereocenters. The number of carbonyl (C=O) groups is 1. The number of rotatable bonds is 6. The van der Waals surface area contributed by atoms with Gasteiger partial charge in [-0.3, -0.25) is 4.79 Å². The molecule has 1 aromatic carbocycles. The van der Waals surface area contributed by atoms with Gasteiger partial charge in [0.1, 0.15) is 0 Å². The van der Waals surface area contributed by atoms with E-state index in [-0.39, 0.29) is 5.91 Å². The van der Waals surface area contributed by atoms with Crippen LogP contribution < -0.4 is 5.32 Å². The van der Waals surface area contributed by atoms with Gasteiger partial charge < -0.3 is 9.73 Å². The van der Waals surface area contributed by atoms with Crippen molar-refractivity contribution in [3.63, 3.8) is 0 Å². The van der Waals surface area contributed by atoms with Gasteiger partial charge in [-0.05, 0) is 48.1 Å². The zero-order chi connectivity index (χ0) is 14.2. The maximum atomic E-state index is 11.6. The van der Waals surface area contributed by atoms with Crippen LogP contribution in [0.2, 0.25) is 0 Å². The molecule has 20 heavy (non-hydrogen) atoms. The summed E-state index contributed by atoms with van der Waals surface area (Å²) >= 11 is 1.70. The van der Waals surface area contributed by atoms with E-state index in [4.69, 9.17) is 4.42 Å². The van der Waals surface area contributed by atoms with Crippen LogP contribution in [0, 0.1) is 0 Å². The highest BCUT2D eigenvalue weighted by molar-refractivity contribution is 7.98. The highest BCUT2D eigenvalue weighted by Crippen LogP contribution is 2.15. The molecule has 0 atom stereocenters. The molecule has 1 aromatic heterocycles. The molecule has 0 spiro atoms. The molecular weight excluding hydrogens is 270 g/mol. The second-order valence-corrected chi connectivity index (χ2v) is 5.16. The summed E-state index contributed by atoms with van der Waals surface area (Å²) < 4.78 is 4.97. The molecule has 4 heteroatoms. The Labute approximate surface area is 123 Å². The number of hydrogen-bond acceptors (Lipinski definition) is 3. The molecule has 104 valence electrons. The van der Waals surface area contributed by atoms with Gasteiger partial charge in [0.15, 0.2) is 0 Å². The Morgan fingerprint density at radius 3 is 2.75 bits per heavy atom. The second kappa shape index (κ2) is 7.60. The molecule has 2 rings (SSSR count). The first-order valence-electron chi connectivity index (χ1n) is 6.39. The summed E-state index contributed by atoms with van der Waals surface area (Å²) in [5.41, 5.74) is 2.11. The van der Waals surface area contributed by atoms with Crippen LogP contribution in [0.3, 0.4) is 0 Å². The number of amides is 1. The van der Waals surface area contributed by atoms with E-state index in [1.54, 1.807) is 30.4 Å². The number of carbonyl (C=O) groups excluding carboxylic acids is 1. The van der Waals surface area contributed by atoms with Gasteiger partial charge in [0.05, 0.1) is 12.5 Å². The van der Waals surface area contributed by atoms with Crippen LogP contribution in [-0.2, 0) is 11.2 Å². The average molecular weight is 287 g/mol. The van der Waals surface area contributed by atoms with Crippen molar-refractivity contribution in [1.82, 2.24) is 5.32 Å². The predicted octanol–water partition coefficient (Wildman–Crippen LogP) is 3.37. The van der Waals surface area contributed by atoms with Gasteiger partial charge in [0.25, 0.3) is 0 Å². The standard InChI is InChI=1S/C16H17NO2S/c1-20-15-5-2-13(3-6-15)4-7-16(18)17-10-8-14-9-11-19-12-14/h2-7,9,11-12H,8,10H2,1H3,(H,17,18)/b7-4+. The molecule has 3 nitrogen and oxygen atoms in total. The summed E-state index contributed by atoms with van der Waals surface area (Å²) in [6.07, 6.45) is 9.52. The quantitative estimate of drug-likeness (QED) is 0.654. The van der Waals surface area contributed by atoms with Gasteiger partial charge in [-0.25, -0.2) is 0 Å². The maximum absolute atomic E-state index is 11.6. The first-order valence-corrected chi connectivity index (χ1v) is 7.61. The van der Waals surface area contributed by atoms with Crippen molar-refractivity contribution in [1.29, 1.82) is 0 Å². The summed E-state index contributed by atoms with van der Waals surface area (Å²) in [4.78, 5) is 12.9. The molecule has 0 saturated carbocycles. The molecule has 0 bridgehead atoms. The molecule has 1 N–H and O–H groups in total. The molecule has 0 aliphatic heterocycles. The van der Waals surface area contributed by atoms with Crippen LogP contribution in [0.5, 0.6) is 0 Å². The van der Waals surface area contributed by atoms with Gasteiger partial charge in [0.2, 0.25) is 5.91 Å². The van der Waals surface area contributed by atoms with Crippen molar-refractivity contribution in [3.8, 4) is 0 Å². The highest BCUT2D eigenvalue weighted by atomic mass is 32.2. The Kier molecular flexibility index (Phi) is 5.50. The Morgan fingerprint density at radius 1 is 1.30 bits per heavy atom. The Bertz CT molecular complexity index is 559. The van der Waals surface area contributed by atoms with Crippen LogP contribution in [0.4, 0.5) is 0 Å². The lowest BCUT2D eigenvalue weighted by Gasteiger charge is -2.00. The first kappa shape index (κ1) is 14.5. The predicted molar refractivity (Wildman–Crippen MR) is 82.7 cm³/mol. The molecule has 1 heterocycles. The molecule has 0 fully saturated rings. The van der Waals surface area contributed by atoms with Gasteiger partial charge in [-0.2, -0.15) is 0 Å². The second-order valence-electron chi connectivity index (χ2n) is 4.28. The van der Waals surface area contributed by atoms with Crippen molar-refractivity contribution in [2.24, 2.45) is 0 Å². The van der Waals surface area contributed by atoms with E-state index in [1.807, 2.05) is 42.7 Å². The van der Waals surface area contributed by atoms with Crippen LogP contribution >= 0.6 is 11.8 Å². The third-order valence-corrected chi connectivity index (χ3v) is 3.58. The zero-order valence-electron chi connectivity index (χ0n) is 11.3. The maximum Gasteiger partial charge on any atom is 0.244 e. The fourth-order valence-electron chi connectivity index (χ4n) is 1.71. The monoisotopic (exact) mass is 287 g/mol. The van der Waals surface area contributed by atoms with Crippen molar-refractivity contribution >= 4 is 23.7 Å². The topological polar surface area (TPSA) is 42.2 Å². The van der Waals surface area contributed by atoms with Gasteiger partial charge in [0, 0.05) is 17.5 Å². The zero-order valence-corrected chi connectivity index (χ0v) is 12.2. The first-order chi connectivity index (χ1) is 9.78. The van der Waals surface area contributed by atoms with Gasteiger partial charge in [-0.15, -0.1) is 11.8 Å². The molecular formula is C16H17NO2S. The minimum absolute atomic E-state index is 0.0811. The summed E-state index contributed by atoms with van der Waals surface area (Å²) in [6, 6.07) is 9.99. The summed E-state index contributed by atoms with van der Waals surface area (Å²) in [6.45, 7) is 0.605. The molecule has 1 amide bonds. The number of furan rings is 1. The van der Waals surface area contributed by atoms with Crippen molar-refractivity contribution in [2.75, 3.05) is 12.8 Å². The smallest absolute Gasteiger partial charge is 0.244 e. The third-order valence-electron chi connectivity index (χ3n) is 2.84. The van der Waals surface area contributed by atoms with Crippen molar-refractivity contribution < 1.29 is 9.21 Å². The van der Waals surface area contributed by atoms with Crippen LogP contribution in [-0.4, -0.2) is 18.7 Å². The molecule has 2 aromatic rings. The minimum Gasteiger partial charge on any atom is -0.472 e.